The van der Waals surface area contributed by atoms with Crippen LogP contribution in [0, 0.1) is 5.92 Å². The van der Waals surface area contributed by atoms with Gasteiger partial charge in [0.25, 0.3) is 0 Å². The molecule has 3 rings (SSSR count). The van der Waals surface area contributed by atoms with Crippen LogP contribution in [0.25, 0.3) is 10.2 Å². The number of aliphatic hydroxyl groups excluding tert-OH is 1. The molecule has 0 aliphatic heterocycles. The van der Waals surface area contributed by atoms with E-state index in [1.807, 2.05) is 18.2 Å². The topological polar surface area (TPSA) is 59.1 Å². The highest BCUT2D eigenvalue weighted by atomic mass is 32.2. The first kappa shape index (κ1) is 12.4. The van der Waals surface area contributed by atoms with Gasteiger partial charge in [-0.3, -0.25) is 0 Å². The number of para-hydroxylation sites is 1. The maximum atomic E-state index is 9.46. The van der Waals surface area contributed by atoms with Crippen molar-refractivity contribution < 1.29 is 5.11 Å². The van der Waals surface area contributed by atoms with Crippen LogP contribution in [0.2, 0.25) is 0 Å². The smallest absolute Gasteiger partial charge is 0.151 e. The van der Waals surface area contributed by atoms with Crippen LogP contribution < -0.4 is 5.73 Å². The molecule has 1 unspecified atom stereocenters. The zero-order valence-corrected chi connectivity index (χ0v) is 11.6. The SMILES string of the molecule is NC(CO)(CSc1nc2ccccc2s1)C1CC1. The van der Waals surface area contributed by atoms with Crippen molar-refractivity contribution >= 4 is 33.3 Å². The van der Waals surface area contributed by atoms with E-state index >= 15 is 0 Å². The average molecular weight is 280 g/mol. The van der Waals surface area contributed by atoms with E-state index in [-0.39, 0.29) is 6.61 Å². The summed E-state index contributed by atoms with van der Waals surface area (Å²) in [4.78, 5) is 4.57. The number of aliphatic hydroxyl groups is 1. The Morgan fingerprint density at radius 1 is 1.44 bits per heavy atom. The van der Waals surface area contributed by atoms with E-state index < -0.39 is 5.54 Å². The zero-order chi connectivity index (χ0) is 12.6. The number of aromatic nitrogens is 1. The van der Waals surface area contributed by atoms with Crippen LogP contribution in [0.3, 0.4) is 0 Å². The second-order valence-electron chi connectivity index (χ2n) is 4.90. The third kappa shape index (κ3) is 2.40. The minimum Gasteiger partial charge on any atom is -0.394 e. The third-order valence-electron chi connectivity index (χ3n) is 3.42. The van der Waals surface area contributed by atoms with Gasteiger partial charge in [0.2, 0.25) is 0 Å². The fraction of sp³-hybridized carbons (Fsp3) is 0.462. The monoisotopic (exact) mass is 280 g/mol. The van der Waals surface area contributed by atoms with Crippen LogP contribution >= 0.6 is 23.1 Å². The van der Waals surface area contributed by atoms with Gasteiger partial charge in [-0.25, -0.2) is 4.98 Å². The summed E-state index contributed by atoms with van der Waals surface area (Å²) in [6, 6.07) is 8.14. The Morgan fingerprint density at radius 2 is 2.22 bits per heavy atom. The summed E-state index contributed by atoms with van der Waals surface area (Å²) in [7, 11) is 0. The van der Waals surface area contributed by atoms with Gasteiger partial charge in [0.05, 0.1) is 22.4 Å². The number of nitrogens with zero attached hydrogens (tertiary/aromatic N) is 1. The van der Waals surface area contributed by atoms with Gasteiger partial charge in [-0.15, -0.1) is 11.3 Å². The quantitative estimate of drug-likeness (QED) is 0.826. The Morgan fingerprint density at radius 3 is 2.89 bits per heavy atom. The maximum absolute atomic E-state index is 9.46. The molecule has 1 heterocycles. The molecule has 0 amide bonds. The van der Waals surface area contributed by atoms with E-state index in [9.17, 15) is 5.11 Å². The Bertz CT molecular complexity index is 520. The lowest BCUT2D eigenvalue weighted by atomic mass is 9.99. The fourth-order valence-electron chi connectivity index (χ4n) is 2.06. The molecule has 5 heteroatoms. The first-order valence-corrected chi connectivity index (χ1v) is 7.89. The molecular formula is C13H16N2OS2. The molecule has 1 atom stereocenters. The average Bonchev–Trinajstić information content (AvgIpc) is 3.16. The molecule has 0 radical (unpaired) electrons. The number of hydrogen-bond acceptors (Lipinski definition) is 5. The molecule has 0 bridgehead atoms. The normalized spacial score (nSPS) is 19.0. The van der Waals surface area contributed by atoms with Gasteiger partial charge in [-0.2, -0.15) is 0 Å². The predicted octanol–water partition coefficient (Wildman–Crippen LogP) is 2.49. The second kappa shape index (κ2) is 4.81. The highest BCUT2D eigenvalue weighted by Gasteiger charge is 2.41. The molecule has 96 valence electrons. The summed E-state index contributed by atoms with van der Waals surface area (Å²) in [6.45, 7) is 0.0650. The van der Waals surface area contributed by atoms with Gasteiger partial charge in [0.15, 0.2) is 4.34 Å². The van der Waals surface area contributed by atoms with Gasteiger partial charge in [-0.1, -0.05) is 23.9 Å². The molecule has 1 aromatic heterocycles. The van der Waals surface area contributed by atoms with E-state index in [0.29, 0.717) is 5.92 Å². The molecule has 1 aromatic carbocycles. The molecule has 0 saturated heterocycles. The third-order valence-corrected chi connectivity index (χ3v) is 5.88. The molecule has 1 fully saturated rings. The summed E-state index contributed by atoms with van der Waals surface area (Å²) in [6.07, 6.45) is 2.30. The molecule has 3 nitrogen and oxygen atoms in total. The molecule has 3 N–H and O–H groups in total. The van der Waals surface area contributed by atoms with E-state index in [0.717, 1.165) is 28.5 Å². The number of benzene rings is 1. The first-order chi connectivity index (χ1) is 8.71. The van der Waals surface area contributed by atoms with Gasteiger partial charge in [-0.05, 0) is 30.9 Å². The molecule has 0 spiro atoms. The molecule has 18 heavy (non-hydrogen) atoms. The number of fused-ring (bicyclic) bond motifs is 1. The second-order valence-corrected chi connectivity index (χ2v) is 7.15. The van der Waals surface area contributed by atoms with Gasteiger partial charge < -0.3 is 10.8 Å². The lowest BCUT2D eigenvalue weighted by Crippen LogP contribution is -2.48. The van der Waals surface area contributed by atoms with E-state index in [1.54, 1.807) is 23.1 Å². The predicted molar refractivity (Wildman–Crippen MR) is 77.1 cm³/mol. The maximum Gasteiger partial charge on any atom is 0.151 e. The van der Waals surface area contributed by atoms with Crippen LogP contribution in [-0.4, -0.2) is 28.0 Å². The summed E-state index contributed by atoms with van der Waals surface area (Å²) in [5, 5.41) is 9.46. The number of hydrogen-bond donors (Lipinski definition) is 2. The van der Waals surface area contributed by atoms with Crippen molar-refractivity contribution in [1.82, 2.24) is 4.98 Å². The summed E-state index contributed by atoms with van der Waals surface area (Å²) < 4.78 is 2.25. The van der Waals surface area contributed by atoms with Crippen molar-refractivity contribution in [2.24, 2.45) is 11.7 Å². The highest BCUT2D eigenvalue weighted by Crippen LogP contribution is 2.41. The number of rotatable bonds is 5. The molecule has 1 saturated carbocycles. The van der Waals surface area contributed by atoms with Crippen molar-refractivity contribution in [3.05, 3.63) is 24.3 Å². The van der Waals surface area contributed by atoms with E-state index in [4.69, 9.17) is 5.73 Å². The Hall–Kier alpha value is -0.620. The Kier molecular flexibility index (Phi) is 3.32. The molecule has 2 aromatic rings. The number of thiazole rings is 1. The fourth-order valence-corrected chi connectivity index (χ4v) is 4.32. The van der Waals surface area contributed by atoms with Crippen molar-refractivity contribution in [2.75, 3.05) is 12.4 Å². The number of thioether (sulfide) groups is 1. The summed E-state index contributed by atoms with van der Waals surface area (Å²) >= 11 is 3.36. The molecule has 1 aliphatic carbocycles. The first-order valence-electron chi connectivity index (χ1n) is 6.09. The van der Waals surface area contributed by atoms with Crippen LogP contribution in [0.15, 0.2) is 28.6 Å². The van der Waals surface area contributed by atoms with Crippen LogP contribution in [0.5, 0.6) is 0 Å². The van der Waals surface area contributed by atoms with Gasteiger partial charge >= 0.3 is 0 Å². The van der Waals surface area contributed by atoms with Crippen molar-refractivity contribution in [3.63, 3.8) is 0 Å². The Labute approximate surface area is 114 Å². The largest absolute Gasteiger partial charge is 0.394 e. The van der Waals surface area contributed by atoms with Crippen molar-refractivity contribution in [2.45, 2.75) is 22.7 Å². The van der Waals surface area contributed by atoms with Gasteiger partial charge in [0.1, 0.15) is 0 Å². The molecule has 1 aliphatic rings. The number of nitrogens with two attached hydrogens (primary N) is 1. The van der Waals surface area contributed by atoms with Crippen molar-refractivity contribution in [1.29, 1.82) is 0 Å². The van der Waals surface area contributed by atoms with E-state index in [2.05, 4.69) is 11.1 Å². The minimum atomic E-state index is -0.428. The molecular weight excluding hydrogens is 264 g/mol. The van der Waals surface area contributed by atoms with E-state index in [1.165, 1.54) is 4.70 Å². The van der Waals surface area contributed by atoms with Crippen LogP contribution in [0.4, 0.5) is 0 Å². The van der Waals surface area contributed by atoms with Gasteiger partial charge in [0, 0.05) is 5.75 Å². The van der Waals surface area contributed by atoms with Crippen molar-refractivity contribution in [3.8, 4) is 0 Å². The minimum absolute atomic E-state index is 0.0650. The Balaban J connectivity index is 1.72. The lowest BCUT2D eigenvalue weighted by molar-refractivity contribution is 0.194. The highest BCUT2D eigenvalue weighted by molar-refractivity contribution is 8.01. The summed E-state index contributed by atoms with van der Waals surface area (Å²) in [5.41, 5.74) is 6.87. The van der Waals surface area contributed by atoms with Crippen LogP contribution in [0.1, 0.15) is 12.8 Å². The van der Waals surface area contributed by atoms with Crippen LogP contribution in [-0.2, 0) is 0 Å². The lowest BCUT2D eigenvalue weighted by Gasteiger charge is -2.26. The standard InChI is InChI=1S/C13H16N2OS2/c14-13(7-16,9-5-6-9)8-17-12-15-10-3-1-2-4-11(10)18-12/h1-4,9,16H,5-8,14H2. The zero-order valence-electron chi connectivity index (χ0n) is 10.0. The summed E-state index contributed by atoms with van der Waals surface area (Å²) in [5.74, 6) is 1.23.